The summed E-state index contributed by atoms with van der Waals surface area (Å²) in [6.45, 7) is 4.56. The molecule has 10 heteroatoms. The third-order valence-electron chi connectivity index (χ3n) is 4.68. The zero-order valence-electron chi connectivity index (χ0n) is 17.5. The van der Waals surface area contributed by atoms with Crippen LogP contribution in [0.25, 0.3) is 0 Å². The van der Waals surface area contributed by atoms with E-state index in [9.17, 15) is 9.18 Å². The van der Waals surface area contributed by atoms with E-state index in [4.69, 9.17) is 17.0 Å². The van der Waals surface area contributed by atoms with Crippen LogP contribution in [0.15, 0.2) is 66.6 Å². The quantitative estimate of drug-likeness (QED) is 0.255. The highest BCUT2D eigenvalue weighted by atomic mass is 32.1. The predicted molar refractivity (Wildman–Crippen MR) is 128 cm³/mol. The summed E-state index contributed by atoms with van der Waals surface area (Å²) < 4.78 is 21.1. The average Bonchev–Trinajstić information content (AvgIpc) is 3.40. The smallest absolute Gasteiger partial charge is 0.257 e. The van der Waals surface area contributed by atoms with Gasteiger partial charge in [0.15, 0.2) is 9.90 Å². The molecule has 2 aromatic carbocycles. The molecule has 4 rings (SSSR count). The van der Waals surface area contributed by atoms with E-state index >= 15 is 0 Å². The number of hydrogen-bond acceptors (Lipinski definition) is 6. The Kier molecular flexibility index (Phi) is 7.06. The molecule has 2 N–H and O–H groups in total. The summed E-state index contributed by atoms with van der Waals surface area (Å²) in [5.74, 6) is 0.691. The first kappa shape index (κ1) is 22.6. The maximum Gasteiger partial charge on any atom is 0.257 e. The molecule has 2 aromatic heterocycles. The number of benzene rings is 2. The highest BCUT2D eigenvalue weighted by Gasteiger charge is 2.13. The summed E-state index contributed by atoms with van der Waals surface area (Å²) in [4.78, 5) is 17.2. The van der Waals surface area contributed by atoms with Gasteiger partial charge in [0, 0.05) is 17.5 Å². The number of halogens is 1. The minimum atomic E-state index is -0.298. The van der Waals surface area contributed by atoms with Gasteiger partial charge >= 0.3 is 0 Å². The van der Waals surface area contributed by atoms with E-state index in [2.05, 4.69) is 27.1 Å². The number of H-pyrrole nitrogens is 1. The van der Waals surface area contributed by atoms with Crippen molar-refractivity contribution >= 4 is 34.6 Å². The summed E-state index contributed by atoms with van der Waals surface area (Å²) in [5.41, 5.74) is 2.04. The van der Waals surface area contributed by atoms with Gasteiger partial charge in [-0.3, -0.25) is 19.8 Å². The van der Waals surface area contributed by atoms with Crippen LogP contribution >= 0.6 is 23.6 Å². The topological polar surface area (TPSA) is 84.8 Å². The first-order chi connectivity index (χ1) is 16.0. The maximum atomic E-state index is 13.0. The molecule has 0 radical (unpaired) electrons. The molecule has 0 unspecified atom stereocenters. The third-order valence-corrected chi connectivity index (χ3v) is 5.79. The molecule has 0 aliphatic heterocycles. The standard InChI is InChI=1S/C23H20FN5O2S2/c1-2-10-29-20(27-28-23(29)32)12-18-14-33-22(25-18)26-21(30)16-4-3-5-19(11-16)31-13-15-6-8-17(24)9-7-15/h2-9,11,14H,1,10,12-13H2,(H,28,32)(H,25,26,30). The molecule has 0 fully saturated rings. The lowest BCUT2D eigenvalue weighted by atomic mass is 10.2. The monoisotopic (exact) mass is 481 g/mol. The molecule has 33 heavy (non-hydrogen) atoms. The summed E-state index contributed by atoms with van der Waals surface area (Å²) in [5, 5.41) is 12.2. The van der Waals surface area contributed by atoms with Crippen LogP contribution in [0, 0.1) is 10.6 Å². The Hall–Kier alpha value is -3.63. The van der Waals surface area contributed by atoms with Crippen LogP contribution in [0.3, 0.4) is 0 Å². The molecule has 7 nitrogen and oxygen atoms in total. The second kappa shape index (κ2) is 10.3. The summed E-state index contributed by atoms with van der Waals surface area (Å²) in [7, 11) is 0. The van der Waals surface area contributed by atoms with Crippen molar-refractivity contribution in [1.82, 2.24) is 19.7 Å². The number of nitrogens with zero attached hydrogens (tertiary/aromatic N) is 3. The van der Waals surface area contributed by atoms with Gasteiger partial charge in [-0.2, -0.15) is 5.10 Å². The molecule has 168 valence electrons. The van der Waals surface area contributed by atoms with Crippen LogP contribution in [0.4, 0.5) is 9.52 Å². The molecule has 1 amide bonds. The van der Waals surface area contributed by atoms with Crippen molar-refractivity contribution in [3.63, 3.8) is 0 Å². The molecule has 0 aliphatic carbocycles. The summed E-state index contributed by atoms with van der Waals surface area (Å²) in [6, 6.07) is 12.9. The van der Waals surface area contributed by atoms with Gasteiger partial charge in [0.1, 0.15) is 24.0 Å². The molecular weight excluding hydrogens is 461 g/mol. The van der Waals surface area contributed by atoms with E-state index in [1.54, 1.807) is 42.5 Å². The van der Waals surface area contributed by atoms with Crippen LogP contribution in [-0.4, -0.2) is 25.7 Å². The van der Waals surface area contributed by atoms with Crippen molar-refractivity contribution in [3.05, 3.63) is 99.8 Å². The number of amides is 1. The maximum absolute atomic E-state index is 13.0. The van der Waals surface area contributed by atoms with E-state index in [0.29, 0.717) is 34.2 Å². The SMILES string of the molecule is C=CCn1c(Cc2csc(NC(=O)c3cccc(OCc4ccc(F)cc4)c3)n2)n[nH]c1=S. The number of aromatic amines is 1. The second-order valence-corrected chi connectivity index (χ2v) is 8.31. The minimum Gasteiger partial charge on any atom is -0.489 e. The first-order valence-electron chi connectivity index (χ1n) is 10.00. The number of hydrogen-bond donors (Lipinski definition) is 2. The summed E-state index contributed by atoms with van der Waals surface area (Å²) >= 11 is 6.56. The van der Waals surface area contributed by atoms with E-state index < -0.39 is 0 Å². The van der Waals surface area contributed by atoms with Gasteiger partial charge in [-0.05, 0) is 48.1 Å². The van der Waals surface area contributed by atoms with Gasteiger partial charge in [-0.15, -0.1) is 17.9 Å². The number of allylic oxidation sites excluding steroid dienone is 1. The highest BCUT2D eigenvalue weighted by Crippen LogP contribution is 2.20. The molecule has 0 saturated heterocycles. The van der Waals surface area contributed by atoms with Crippen molar-refractivity contribution in [3.8, 4) is 5.75 Å². The number of carbonyl (C=O) groups is 1. The van der Waals surface area contributed by atoms with Gasteiger partial charge in [0.05, 0.1) is 12.1 Å². The van der Waals surface area contributed by atoms with Crippen LogP contribution in [0.1, 0.15) is 27.4 Å². The predicted octanol–water partition coefficient (Wildman–Crippen LogP) is 5.14. The van der Waals surface area contributed by atoms with Crippen molar-refractivity contribution in [2.75, 3.05) is 5.32 Å². The fraction of sp³-hybridized carbons (Fsp3) is 0.130. The Morgan fingerprint density at radius 3 is 2.91 bits per heavy atom. The number of rotatable bonds is 9. The normalized spacial score (nSPS) is 10.7. The van der Waals surface area contributed by atoms with Crippen LogP contribution in [0.5, 0.6) is 5.75 Å². The lowest BCUT2D eigenvalue weighted by Gasteiger charge is -2.08. The van der Waals surface area contributed by atoms with Crippen LogP contribution in [0.2, 0.25) is 0 Å². The van der Waals surface area contributed by atoms with Gasteiger partial charge in [0.2, 0.25) is 0 Å². The van der Waals surface area contributed by atoms with Gasteiger partial charge < -0.3 is 4.74 Å². The van der Waals surface area contributed by atoms with Gasteiger partial charge in [-0.25, -0.2) is 9.37 Å². The molecule has 0 atom stereocenters. The second-order valence-electron chi connectivity index (χ2n) is 7.06. The number of aromatic nitrogens is 4. The molecule has 0 aliphatic rings. The number of anilines is 1. The Morgan fingerprint density at radius 1 is 1.30 bits per heavy atom. The first-order valence-corrected chi connectivity index (χ1v) is 11.3. The molecule has 2 heterocycles. The van der Waals surface area contributed by atoms with Crippen molar-refractivity contribution in [1.29, 1.82) is 0 Å². The Labute approximate surface area is 198 Å². The van der Waals surface area contributed by atoms with Crippen molar-refractivity contribution < 1.29 is 13.9 Å². The lowest BCUT2D eigenvalue weighted by Crippen LogP contribution is -2.12. The largest absolute Gasteiger partial charge is 0.489 e. The lowest BCUT2D eigenvalue weighted by molar-refractivity contribution is 0.102. The number of ether oxygens (including phenoxy) is 1. The third kappa shape index (κ3) is 5.79. The number of carbonyl (C=O) groups excluding carboxylic acids is 1. The average molecular weight is 482 g/mol. The Morgan fingerprint density at radius 2 is 2.12 bits per heavy atom. The summed E-state index contributed by atoms with van der Waals surface area (Å²) in [6.07, 6.45) is 2.22. The van der Waals surface area contributed by atoms with Gasteiger partial charge in [0.25, 0.3) is 5.91 Å². The van der Waals surface area contributed by atoms with Crippen molar-refractivity contribution in [2.24, 2.45) is 0 Å². The van der Waals surface area contributed by atoms with Gasteiger partial charge in [-0.1, -0.05) is 24.3 Å². The molecule has 0 spiro atoms. The fourth-order valence-corrected chi connectivity index (χ4v) is 3.98. The number of thiazole rings is 1. The van der Waals surface area contributed by atoms with Crippen LogP contribution in [-0.2, 0) is 19.6 Å². The zero-order valence-corrected chi connectivity index (χ0v) is 19.1. The molecule has 4 aromatic rings. The zero-order chi connectivity index (χ0) is 23.2. The van der Waals surface area contributed by atoms with Crippen molar-refractivity contribution in [2.45, 2.75) is 19.6 Å². The fourth-order valence-electron chi connectivity index (χ4n) is 3.05. The van der Waals surface area contributed by atoms with E-state index in [1.807, 2.05) is 9.95 Å². The van der Waals surface area contributed by atoms with E-state index in [-0.39, 0.29) is 18.3 Å². The molecular formula is C23H20FN5O2S2. The number of nitrogens with one attached hydrogen (secondary N) is 2. The van der Waals surface area contributed by atoms with E-state index in [1.165, 1.54) is 23.5 Å². The highest BCUT2D eigenvalue weighted by molar-refractivity contribution is 7.71. The Bertz CT molecular complexity index is 1330. The molecule has 0 saturated carbocycles. The van der Waals surface area contributed by atoms with E-state index in [0.717, 1.165) is 17.1 Å². The Balaban J connectivity index is 1.38. The minimum absolute atomic E-state index is 0.270. The molecule has 0 bridgehead atoms. The van der Waals surface area contributed by atoms with Crippen LogP contribution < -0.4 is 10.1 Å².